The minimum Gasteiger partial charge on any atom is -0.323 e. The molecule has 2 nitrogen and oxygen atoms in total. The average Bonchev–Trinajstić information content (AvgIpc) is 2.41. The van der Waals surface area contributed by atoms with Crippen molar-refractivity contribution in [2.45, 2.75) is 13.1 Å². The van der Waals surface area contributed by atoms with Gasteiger partial charge in [-0.2, -0.15) is 13.2 Å². The Kier molecular flexibility index (Phi) is 2.49. The Morgan fingerprint density at radius 1 is 1.31 bits per heavy atom. The Morgan fingerprint density at radius 3 is 2.50 bits per heavy atom. The van der Waals surface area contributed by atoms with Crippen molar-refractivity contribution in [2.75, 3.05) is 0 Å². The fourth-order valence-corrected chi connectivity index (χ4v) is 2.35. The Morgan fingerprint density at radius 2 is 1.94 bits per heavy atom. The van der Waals surface area contributed by atoms with Gasteiger partial charge in [0.2, 0.25) is 5.82 Å². The second kappa shape index (κ2) is 3.48. The maximum atomic E-state index is 12.6. The molecule has 0 aliphatic rings. The molecule has 0 unspecified atom stereocenters. The predicted octanol–water partition coefficient (Wildman–Crippen LogP) is 3.66. The van der Waals surface area contributed by atoms with Crippen LogP contribution in [0, 0.1) is 6.92 Å². The summed E-state index contributed by atoms with van der Waals surface area (Å²) in [5.74, 6) is -0.872. The maximum absolute atomic E-state index is 12.6. The van der Waals surface area contributed by atoms with Crippen LogP contribution in [-0.2, 0) is 13.2 Å². The smallest absolute Gasteiger partial charge is 0.323 e. The van der Waals surface area contributed by atoms with E-state index in [0.29, 0.717) is 11.0 Å². The first-order valence-electron chi connectivity index (χ1n) is 4.50. The summed E-state index contributed by atoms with van der Waals surface area (Å²) in [4.78, 5) is 3.61. The number of aryl methyl sites for hydroxylation is 2. The van der Waals surface area contributed by atoms with Crippen molar-refractivity contribution in [3.05, 3.63) is 28.0 Å². The number of halogens is 4. The van der Waals surface area contributed by atoms with Crippen LogP contribution in [0.25, 0.3) is 11.0 Å². The van der Waals surface area contributed by atoms with Crippen molar-refractivity contribution in [3.63, 3.8) is 0 Å². The van der Waals surface area contributed by atoms with Crippen molar-refractivity contribution < 1.29 is 13.2 Å². The van der Waals surface area contributed by atoms with E-state index >= 15 is 0 Å². The SMILES string of the molecule is Cc1cc(Br)cc2nc(C(F)(F)F)n(C)c12. The van der Waals surface area contributed by atoms with Gasteiger partial charge in [-0.15, -0.1) is 0 Å². The molecule has 0 aliphatic carbocycles. The Labute approximate surface area is 98.2 Å². The van der Waals surface area contributed by atoms with Crippen LogP contribution in [0.2, 0.25) is 0 Å². The number of nitrogens with zero attached hydrogens (tertiary/aromatic N) is 2. The van der Waals surface area contributed by atoms with Gasteiger partial charge in [-0.25, -0.2) is 4.98 Å². The van der Waals surface area contributed by atoms with Crippen LogP contribution >= 0.6 is 15.9 Å². The first-order valence-corrected chi connectivity index (χ1v) is 5.30. The molecule has 0 N–H and O–H groups in total. The van der Waals surface area contributed by atoms with E-state index in [1.807, 2.05) is 0 Å². The van der Waals surface area contributed by atoms with E-state index in [9.17, 15) is 13.2 Å². The van der Waals surface area contributed by atoms with Gasteiger partial charge in [0.1, 0.15) is 0 Å². The van der Waals surface area contributed by atoms with Gasteiger partial charge in [-0.3, -0.25) is 0 Å². The highest BCUT2D eigenvalue weighted by atomic mass is 79.9. The third-order valence-corrected chi connectivity index (χ3v) is 2.84. The highest BCUT2D eigenvalue weighted by Crippen LogP contribution is 2.32. The molecule has 0 atom stereocenters. The zero-order chi connectivity index (χ0) is 12.1. The molecule has 0 aliphatic heterocycles. The summed E-state index contributed by atoms with van der Waals surface area (Å²) >= 11 is 3.24. The fraction of sp³-hybridized carbons (Fsp3) is 0.300. The normalized spacial score (nSPS) is 12.4. The van der Waals surface area contributed by atoms with Gasteiger partial charge in [0.05, 0.1) is 11.0 Å². The number of fused-ring (bicyclic) bond motifs is 1. The molecule has 16 heavy (non-hydrogen) atoms. The van der Waals surface area contributed by atoms with Crippen LogP contribution in [-0.4, -0.2) is 9.55 Å². The van der Waals surface area contributed by atoms with E-state index < -0.39 is 12.0 Å². The molecule has 0 spiro atoms. The standard InChI is InChI=1S/C10H8BrF3N2/c1-5-3-6(11)4-7-8(5)16(2)9(15-7)10(12,13)14/h3-4H,1-2H3. The lowest BCUT2D eigenvalue weighted by molar-refractivity contribution is -0.146. The van der Waals surface area contributed by atoms with Crippen LogP contribution in [0.15, 0.2) is 16.6 Å². The molecule has 86 valence electrons. The quantitative estimate of drug-likeness (QED) is 0.724. The van der Waals surface area contributed by atoms with E-state index in [-0.39, 0.29) is 0 Å². The molecule has 0 fully saturated rings. The molecule has 0 saturated heterocycles. The minimum atomic E-state index is -4.42. The summed E-state index contributed by atoms with van der Waals surface area (Å²) < 4.78 is 39.7. The number of benzene rings is 1. The van der Waals surface area contributed by atoms with Gasteiger partial charge >= 0.3 is 6.18 Å². The number of aromatic nitrogens is 2. The molecule has 0 amide bonds. The van der Waals surface area contributed by atoms with Crippen LogP contribution in [0.5, 0.6) is 0 Å². The highest BCUT2D eigenvalue weighted by Gasteiger charge is 2.36. The molecule has 1 aromatic carbocycles. The first kappa shape index (κ1) is 11.4. The monoisotopic (exact) mass is 292 g/mol. The summed E-state index contributed by atoms with van der Waals surface area (Å²) in [6.45, 7) is 1.76. The van der Waals surface area contributed by atoms with E-state index in [4.69, 9.17) is 0 Å². The van der Waals surface area contributed by atoms with Crippen LogP contribution in [0.3, 0.4) is 0 Å². The van der Waals surface area contributed by atoms with Gasteiger partial charge in [-0.05, 0) is 24.6 Å². The summed E-state index contributed by atoms with van der Waals surface area (Å²) in [6, 6.07) is 3.35. The largest absolute Gasteiger partial charge is 0.449 e. The van der Waals surface area contributed by atoms with Gasteiger partial charge in [0.25, 0.3) is 0 Å². The first-order chi connectivity index (χ1) is 7.30. The molecule has 2 aromatic rings. The Balaban J connectivity index is 2.83. The third kappa shape index (κ3) is 1.71. The topological polar surface area (TPSA) is 17.8 Å². The molecule has 0 saturated carbocycles. The zero-order valence-electron chi connectivity index (χ0n) is 8.56. The second-order valence-electron chi connectivity index (χ2n) is 3.58. The number of hydrogen-bond acceptors (Lipinski definition) is 1. The van der Waals surface area contributed by atoms with E-state index in [1.165, 1.54) is 7.05 Å². The predicted molar refractivity (Wildman–Crippen MR) is 58.2 cm³/mol. The van der Waals surface area contributed by atoms with Gasteiger partial charge < -0.3 is 4.57 Å². The fourth-order valence-electron chi connectivity index (χ4n) is 1.79. The molecule has 2 rings (SSSR count). The highest BCUT2D eigenvalue weighted by molar-refractivity contribution is 9.10. The van der Waals surface area contributed by atoms with Crippen molar-refractivity contribution in [1.82, 2.24) is 9.55 Å². The van der Waals surface area contributed by atoms with Crippen molar-refractivity contribution in [1.29, 1.82) is 0 Å². The van der Waals surface area contributed by atoms with E-state index in [1.54, 1.807) is 19.1 Å². The Bertz CT molecular complexity index is 557. The maximum Gasteiger partial charge on any atom is 0.449 e. The Hall–Kier alpha value is -1.04. The van der Waals surface area contributed by atoms with E-state index in [2.05, 4.69) is 20.9 Å². The second-order valence-corrected chi connectivity index (χ2v) is 4.50. The van der Waals surface area contributed by atoms with Crippen LogP contribution in [0.4, 0.5) is 13.2 Å². The van der Waals surface area contributed by atoms with Crippen molar-refractivity contribution in [2.24, 2.45) is 7.05 Å². The number of alkyl halides is 3. The summed E-state index contributed by atoms with van der Waals surface area (Å²) in [5.41, 5.74) is 1.62. The van der Waals surface area contributed by atoms with Gasteiger partial charge in [0, 0.05) is 11.5 Å². The summed E-state index contributed by atoms with van der Waals surface area (Å²) in [7, 11) is 1.37. The molecular weight excluding hydrogens is 285 g/mol. The summed E-state index contributed by atoms with van der Waals surface area (Å²) in [6.07, 6.45) is -4.42. The molecular formula is C10H8BrF3N2. The molecule has 6 heteroatoms. The lowest BCUT2D eigenvalue weighted by atomic mass is 10.2. The minimum absolute atomic E-state index is 0.349. The van der Waals surface area contributed by atoms with Crippen LogP contribution in [0.1, 0.15) is 11.4 Å². The number of hydrogen-bond donors (Lipinski definition) is 0. The van der Waals surface area contributed by atoms with E-state index in [0.717, 1.165) is 14.6 Å². The van der Waals surface area contributed by atoms with Crippen molar-refractivity contribution >= 4 is 27.0 Å². The summed E-state index contributed by atoms with van der Waals surface area (Å²) in [5, 5.41) is 0. The number of imidazole rings is 1. The van der Waals surface area contributed by atoms with Gasteiger partial charge in [-0.1, -0.05) is 15.9 Å². The van der Waals surface area contributed by atoms with Crippen molar-refractivity contribution in [3.8, 4) is 0 Å². The zero-order valence-corrected chi connectivity index (χ0v) is 10.1. The average molecular weight is 293 g/mol. The van der Waals surface area contributed by atoms with Gasteiger partial charge in [0.15, 0.2) is 0 Å². The molecule has 1 heterocycles. The van der Waals surface area contributed by atoms with Crippen LogP contribution < -0.4 is 0 Å². The lowest BCUT2D eigenvalue weighted by Crippen LogP contribution is -2.12. The lowest BCUT2D eigenvalue weighted by Gasteiger charge is -2.06. The third-order valence-electron chi connectivity index (χ3n) is 2.38. The molecule has 1 aromatic heterocycles. The molecule has 0 bridgehead atoms. The molecule has 0 radical (unpaired) electrons. The number of rotatable bonds is 0.